The summed E-state index contributed by atoms with van der Waals surface area (Å²) >= 11 is 4.64. The molecule has 0 spiro atoms. The standard InChI is InChI=1S/C8H14N4O2S2/c1-6(8(9)15)16(13,14)12-3-2-7-10-4-5-11-7/h4-6,12H,2-3H2,1H3,(H2,9,15)(H,10,11). The van der Waals surface area contributed by atoms with Crippen LogP contribution in [0.4, 0.5) is 0 Å². The third-order valence-corrected chi connectivity index (χ3v) is 4.38. The van der Waals surface area contributed by atoms with Crippen LogP contribution < -0.4 is 10.5 Å². The Morgan fingerprint density at radius 1 is 1.75 bits per heavy atom. The molecule has 90 valence electrons. The number of hydrogen-bond acceptors (Lipinski definition) is 4. The van der Waals surface area contributed by atoms with Gasteiger partial charge in [0.2, 0.25) is 10.0 Å². The zero-order chi connectivity index (χ0) is 12.2. The Morgan fingerprint density at radius 3 is 2.94 bits per heavy atom. The van der Waals surface area contributed by atoms with E-state index in [4.69, 9.17) is 5.73 Å². The first-order valence-corrected chi connectivity index (χ1v) is 6.65. The molecule has 4 N–H and O–H groups in total. The maximum atomic E-state index is 11.6. The second kappa shape index (κ2) is 5.37. The van der Waals surface area contributed by atoms with Crippen molar-refractivity contribution in [3.8, 4) is 0 Å². The van der Waals surface area contributed by atoms with Gasteiger partial charge in [-0.25, -0.2) is 18.1 Å². The quantitative estimate of drug-likeness (QED) is 0.603. The summed E-state index contributed by atoms with van der Waals surface area (Å²) in [5.74, 6) is 0.727. The van der Waals surface area contributed by atoms with Gasteiger partial charge in [0, 0.05) is 25.4 Å². The highest BCUT2D eigenvalue weighted by Gasteiger charge is 2.22. The molecular formula is C8H14N4O2S2. The van der Waals surface area contributed by atoms with Crippen molar-refractivity contribution in [1.82, 2.24) is 14.7 Å². The van der Waals surface area contributed by atoms with Crippen LogP contribution in [0.25, 0.3) is 0 Å². The molecule has 16 heavy (non-hydrogen) atoms. The summed E-state index contributed by atoms with van der Waals surface area (Å²) in [5, 5.41) is -0.862. The first kappa shape index (κ1) is 13.1. The molecule has 0 amide bonds. The van der Waals surface area contributed by atoms with Gasteiger partial charge in [-0.2, -0.15) is 0 Å². The highest BCUT2D eigenvalue weighted by atomic mass is 32.2. The second-order valence-corrected chi connectivity index (χ2v) is 5.83. The number of imidazole rings is 1. The van der Waals surface area contributed by atoms with Gasteiger partial charge in [-0.3, -0.25) is 0 Å². The molecule has 0 bridgehead atoms. The molecule has 8 heteroatoms. The zero-order valence-electron chi connectivity index (χ0n) is 8.80. The normalized spacial score (nSPS) is 13.6. The predicted octanol–water partition coefficient (Wildman–Crippen LogP) is -0.454. The molecule has 0 fully saturated rings. The number of nitrogens with one attached hydrogen (secondary N) is 2. The molecule has 1 aromatic heterocycles. The van der Waals surface area contributed by atoms with Gasteiger partial charge in [0.05, 0.1) is 4.99 Å². The molecule has 0 saturated carbocycles. The fraction of sp³-hybridized carbons (Fsp3) is 0.500. The van der Waals surface area contributed by atoms with Crippen molar-refractivity contribution in [2.75, 3.05) is 6.54 Å². The SMILES string of the molecule is CC(C(N)=S)S(=O)(=O)NCCc1ncc[nH]1. The number of nitrogens with two attached hydrogens (primary N) is 1. The minimum atomic E-state index is -3.47. The van der Waals surface area contributed by atoms with E-state index in [0.29, 0.717) is 6.42 Å². The first-order valence-electron chi connectivity index (χ1n) is 4.69. The highest BCUT2D eigenvalue weighted by Crippen LogP contribution is 1.99. The van der Waals surface area contributed by atoms with Crippen molar-refractivity contribution < 1.29 is 8.42 Å². The molecule has 0 saturated heterocycles. The van der Waals surface area contributed by atoms with E-state index in [1.807, 2.05) is 0 Å². The van der Waals surface area contributed by atoms with E-state index in [2.05, 4.69) is 26.9 Å². The molecule has 0 aliphatic carbocycles. The minimum Gasteiger partial charge on any atom is -0.392 e. The third-order valence-electron chi connectivity index (χ3n) is 2.09. The van der Waals surface area contributed by atoms with Crippen molar-refractivity contribution in [3.05, 3.63) is 18.2 Å². The zero-order valence-corrected chi connectivity index (χ0v) is 10.4. The summed E-state index contributed by atoms with van der Waals surface area (Å²) in [6.07, 6.45) is 3.79. The summed E-state index contributed by atoms with van der Waals surface area (Å²) in [7, 11) is -3.47. The molecule has 1 unspecified atom stereocenters. The van der Waals surface area contributed by atoms with E-state index >= 15 is 0 Å². The number of nitrogens with zero attached hydrogens (tertiary/aromatic N) is 1. The van der Waals surface area contributed by atoms with E-state index in [9.17, 15) is 8.42 Å². The predicted molar refractivity (Wildman–Crippen MR) is 65.5 cm³/mol. The van der Waals surface area contributed by atoms with Gasteiger partial charge < -0.3 is 10.7 Å². The summed E-state index contributed by atoms with van der Waals surface area (Å²) in [5.41, 5.74) is 5.28. The van der Waals surface area contributed by atoms with Crippen LogP contribution in [0.3, 0.4) is 0 Å². The molecule has 6 nitrogen and oxygen atoms in total. The van der Waals surface area contributed by atoms with Crippen molar-refractivity contribution in [2.45, 2.75) is 18.6 Å². The van der Waals surface area contributed by atoms with Crippen LogP contribution in [0.5, 0.6) is 0 Å². The van der Waals surface area contributed by atoms with Crippen LogP contribution in [0.1, 0.15) is 12.7 Å². The van der Waals surface area contributed by atoms with E-state index in [1.165, 1.54) is 6.92 Å². The van der Waals surface area contributed by atoms with Crippen molar-refractivity contribution in [1.29, 1.82) is 0 Å². The number of rotatable bonds is 6. The van der Waals surface area contributed by atoms with Crippen molar-refractivity contribution in [3.63, 3.8) is 0 Å². The second-order valence-electron chi connectivity index (χ2n) is 3.27. The van der Waals surface area contributed by atoms with Gasteiger partial charge in [-0.1, -0.05) is 12.2 Å². The lowest BCUT2D eigenvalue weighted by molar-refractivity contribution is 0.578. The molecule has 0 radical (unpaired) electrons. The summed E-state index contributed by atoms with van der Waals surface area (Å²) < 4.78 is 25.6. The maximum absolute atomic E-state index is 11.6. The topological polar surface area (TPSA) is 101 Å². The van der Waals surface area contributed by atoms with Gasteiger partial charge in [-0.05, 0) is 6.92 Å². The number of aromatic nitrogens is 2. The van der Waals surface area contributed by atoms with E-state index in [-0.39, 0.29) is 11.5 Å². The number of H-pyrrole nitrogens is 1. The minimum absolute atomic E-state index is 0.0366. The molecule has 1 rings (SSSR count). The van der Waals surface area contributed by atoms with Crippen LogP contribution in [0.15, 0.2) is 12.4 Å². The average Bonchev–Trinajstić information content (AvgIpc) is 2.69. The Labute approximate surface area is 99.7 Å². The van der Waals surface area contributed by atoms with Crippen LogP contribution in [0.2, 0.25) is 0 Å². The lowest BCUT2D eigenvalue weighted by Gasteiger charge is -2.11. The Bertz CT molecular complexity index is 441. The molecule has 0 aliphatic heterocycles. The molecule has 0 aromatic carbocycles. The van der Waals surface area contributed by atoms with Gasteiger partial charge in [0.25, 0.3) is 0 Å². The van der Waals surface area contributed by atoms with E-state index < -0.39 is 15.3 Å². The van der Waals surface area contributed by atoms with Crippen LogP contribution in [-0.4, -0.2) is 35.2 Å². The Balaban J connectivity index is 2.46. The highest BCUT2D eigenvalue weighted by molar-refractivity contribution is 7.93. The van der Waals surface area contributed by atoms with Crippen molar-refractivity contribution >= 4 is 27.2 Å². The Morgan fingerprint density at radius 2 is 2.44 bits per heavy atom. The fourth-order valence-corrected chi connectivity index (χ4v) is 2.35. The number of hydrogen-bond donors (Lipinski definition) is 3. The maximum Gasteiger partial charge on any atom is 0.220 e. The molecule has 0 aliphatic rings. The lowest BCUT2D eigenvalue weighted by Crippen LogP contribution is -2.40. The molecule has 1 atom stereocenters. The number of aromatic amines is 1. The number of thiocarbonyl (C=S) groups is 1. The number of sulfonamides is 1. The van der Waals surface area contributed by atoms with Gasteiger partial charge in [-0.15, -0.1) is 0 Å². The Hall–Kier alpha value is -0.990. The molecule has 1 heterocycles. The van der Waals surface area contributed by atoms with Gasteiger partial charge in [0.15, 0.2) is 0 Å². The average molecular weight is 262 g/mol. The lowest BCUT2D eigenvalue weighted by atomic mass is 10.4. The van der Waals surface area contributed by atoms with Crippen LogP contribution >= 0.6 is 12.2 Å². The monoisotopic (exact) mass is 262 g/mol. The van der Waals surface area contributed by atoms with Crippen LogP contribution in [-0.2, 0) is 16.4 Å². The first-order chi connectivity index (χ1) is 7.43. The molecular weight excluding hydrogens is 248 g/mol. The van der Waals surface area contributed by atoms with Gasteiger partial charge >= 0.3 is 0 Å². The summed E-state index contributed by atoms with van der Waals surface area (Å²) in [4.78, 5) is 6.82. The third kappa shape index (κ3) is 3.54. The largest absolute Gasteiger partial charge is 0.392 e. The van der Waals surface area contributed by atoms with Crippen molar-refractivity contribution in [2.24, 2.45) is 5.73 Å². The Kier molecular flexibility index (Phi) is 4.39. The smallest absolute Gasteiger partial charge is 0.220 e. The van der Waals surface area contributed by atoms with E-state index in [1.54, 1.807) is 12.4 Å². The molecule has 1 aromatic rings. The van der Waals surface area contributed by atoms with Crippen LogP contribution in [0, 0.1) is 0 Å². The summed E-state index contributed by atoms with van der Waals surface area (Å²) in [6.45, 7) is 1.72. The summed E-state index contributed by atoms with van der Waals surface area (Å²) in [6, 6.07) is 0. The van der Waals surface area contributed by atoms with E-state index in [0.717, 1.165) is 5.82 Å². The fourth-order valence-electron chi connectivity index (χ4n) is 1.02. The van der Waals surface area contributed by atoms with Gasteiger partial charge in [0.1, 0.15) is 11.1 Å².